The van der Waals surface area contributed by atoms with Crippen LogP contribution >= 0.6 is 8.03 Å². The van der Waals surface area contributed by atoms with Gasteiger partial charge in [0, 0.05) is 11.7 Å². The van der Waals surface area contributed by atoms with Gasteiger partial charge < -0.3 is 19.5 Å². The first kappa shape index (κ1) is 17.9. The van der Waals surface area contributed by atoms with Crippen LogP contribution in [-0.4, -0.2) is 48.0 Å². The molecular formula is C13H26BO5P. The van der Waals surface area contributed by atoms with Gasteiger partial charge in [0.2, 0.25) is 8.03 Å². The first-order valence-corrected chi connectivity index (χ1v) is 8.48. The molecule has 0 aromatic rings. The third kappa shape index (κ3) is 4.19. The maximum atomic E-state index is 12.0. The van der Waals surface area contributed by atoms with Gasteiger partial charge in [-0.1, -0.05) is 20.4 Å². The summed E-state index contributed by atoms with van der Waals surface area (Å²) >= 11 is 0. The molecule has 5 nitrogen and oxygen atoms in total. The minimum absolute atomic E-state index is 0.388. The Labute approximate surface area is 122 Å². The van der Waals surface area contributed by atoms with Gasteiger partial charge in [-0.15, -0.1) is 0 Å². The molecule has 0 aliphatic carbocycles. The molecule has 0 bridgehead atoms. The van der Waals surface area contributed by atoms with Gasteiger partial charge in [0.25, 0.3) is 0 Å². The Hall–Kier alpha value is -0.125. The van der Waals surface area contributed by atoms with E-state index in [2.05, 4.69) is 6.58 Å². The SMILES string of the molecule is BC1OC(CC(C)(CC)O[PH](=O)C(=C)CC)C(O)C1O. The largest absolute Gasteiger partial charge is 0.388 e. The fourth-order valence-corrected chi connectivity index (χ4v) is 3.34. The average molecular weight is 304 g/mol. The highest BCUT2D eigenvalue weighted by molar-refractivity contribution is 7.44. The quantitative estimate of drug-likeness (QED) is 0.543. The van der Waals surface area contributed by atoms with Crippen molar-refractivity contribution in [1.82, 2.24) is 0 Å². The summed E-state index contributed by atoms with van der Waals surface area (Å²) < 4.78 is 23.3. The van der Waals surface area contributed by atoms with Gasteiger partial charge in [0.05, 0.1) is 17.7 Å². The third-order valence-electron chi connectivity index (χ3n) is 4.04. The standard InChI is InChI=1S/C13H26BO5P/c1-5-8(3)20(17)19-13(4,6-2)7-9-10(15)11(16)12(14)18-9/h9-12,15-16,20H,3,5-7,14H2,1-2,4H3. The minimum atomic E-state index is -2.32. The molecule has 1 heterocycles. The van der Waals surface area contributed by atoms with Crippen LogP contribution < -0.4 is 0 Å². The lowest BCUT2D eigenvalue weighted by Crippen LogP contribution is -2.38. The van der Waals surface area contributed by atoms with Crippen molar-refractivity contribution >= 4 is 15.9 Å². The topological polar surface area (TPSA) is 76.0 Å². The highest BCUT2D eigenvalue weighted by atomic mass is 31.1. The number of hydrogen-bond acceptors (Lipinski definition) is 5. The van der Waals surface area contributed by atoms with Gasteiger partial charge in [-0.3, -0.25) is 4.57 Å². The van der Waals surface area contributed by atoms with E-state index >= 15 is 0 Å². The molecule has 1 aliphatic heterocycles. The molecule has 1 fully saturated rings. The first-order chi connectivity index (χ1) is 9.24. The van der Waals surface area contributed by atoms with Crippen LogP contribution in [0.4, 0.5) is 0 Å². The molecule has 0 spiro atoms. The number of rotatable bonds is 7. The Bertz CT molecular complexity index is 378. The molecule has 116 valence electrons. The van der Waals surface area contributed by atoms with E-state index in [1.54, 1.807) is 7.85 Å². The van der Waals surface area contributed by atoms with Crippen LogP contribution in [0.15, 0.2) is 11.9 Å². The predicted molar refractivity (Wildman–Crippen MR) is 82.0 cm³/mol. The second kappa shape index (κ2) is 7.23. The molecule has 6 unspecified atom stereocenters. The zero-order valence-corrected chi connectivity index (χ0v) is 13.8. The van der Waals surface area contributed by atoms with Crippen LogP contribution in [0.5, 0.6) is 0 Å². The van der Waals surface area contributed by atoms with Crippen molar-refractivity contribution in [1.29, 1.82) is 0 Å². The van der Waals surface area contributed by atoms with Crippen molar-refractivity contribution in [2.45, 2.75) is 69.9 Å². The number of ether oxygens (including phenoxy) is 1. The van der Waals surface area contributed by atoms with Crippen molar-refractivity contribution < 1.29 is 24.0 Å². The van der Waals surface area contributed by atoms with Crippen molar-refractivity contribution in [3.8, 4) is 0 Å². The summed E-state index contributed by atoms with van der Waals surface area (Å²) in [7, 11) is -0.594. The second-order valence-electron chi connectivity index (χ2n) is 5.72. The summed E-state index contributed by atoms with van der Waals surface area (Å²) in [5, 5.41) is 20.3. The van der Waals surface area contributed by atoms with Gasteiger partial charge >= 0.3 is 0 Å². The summed E-state index contributed by atoms with van der Waals surface area (Å²) in [6, 6.07) is -0.404. The number of aliphatic hydroxyl groups is 2. The number of allylic oxidation sites excluding steroid dienone is 1. The van der Waals surface area contributed by atoms with E-state index in [-0.39, 0.29) is 0 Å². The lowest BCUT2D eigenvalue weighted by atomic mass is 9.90. The molecule has 0 aromatic carbocycles. The Balaban J connectivity index is 2.70. The summed E-state index contributed by atoms with van der Waals surface area (Å²) in [5.41, 5.74) is -0.663. The Kier molecular flexibility index (Phi) is 6.48. The molecule has 0 radical (unpaired) electrons. The normalized spacial score (nSPS) is 34.6. The molecule has 1 rings (SSSR count). The van der Waals surface area contributed by atoms with Crippen LogP contribution in [0.3, 0.4) is 0 Å². The van der Waals surface area contributed by atoms with Crippen LogP contribution in [0.1, 0.15) is 40.0 Å². The van der Waals surface area contributed by atoms with E-state index < -0.39 is 37.9 Å². The Morgan fingerprint density at radius 1 is 1.45 bits per heavy atom. The lowest BCUT2D eigenvalue weighted by molar-refractivity contribution is -0.0304. The van der Waals surface area contributed by atoms with E-state index in [4.69, 9.17) is 9.26 Å². The van der Waals surface area contributed by atoms with Gasteiger partial charge in [-0.05, 0) is 19.8 Å². The molecule has 7 heteroatoms. The van der Waals surface area contributed by atoms with Crippen LogP contribution in [-0.2, 0) is 13.8 Å². The van der Waals surface area contributed by atoms with Crippen molar-refractivity contribution in [2.75, 3.05) is 0 Å². The predicted octanol–water partition coefficient (Wildman–Crippen LogP) is 1.04. The van der Waals surface area contributed by atoms with E-state index in [0.717, 1.165) is 0 Å². The van der Waals surface area contributed by atoms with Crippen molar-refractivity contribution in [2.24, 2.45) is 0 Å². The first-order valence-electron chi connectivity index (χ1n) is 7.16. The molecular weight excluding hydrogens is 278 g/mol. The van der Waals surface area contributed by atoms with E-state index in [1.807, 2.05) is 20.8 Å². The maximum absolute atomic E-state index is 12.0. The van der Waals surface area contributed by atoms with Crippen LogP contribution in [0.2, 0.25) is 0 Å². The van der Waals surface area contributed by atoms with Gasteiger partial charge in [-0.25, -0.2) is 0 Å². The fraction of sp³-hybridized carbons (Fsp3) is 0.846. The molecule has 1 saturated heterocycles. The van der Waals surface area contributed by atoms with Crippen LogP contribution in [0.25, 0.3) is 0 Å². The number of aliphatic hydroxyl groups excluding tert-OH is 2. The van der Waals surface area contributed by atoms with E-state index in [9.17, 15) is 14.8 Å². The second-order valence-corrected chi connectivity index (χ2v) is 7.20. The minimum Gasteiger partial charge on any atom is -0.388 e. The molecule has 20 heavy (non-hydrogen) atoms. The zero-order chi connectivity index (χ0) is 15.5. The maximum Gasteiger partial charge on any atom is 0.216 e. The smallest absolute Gasteiger partial charge is 0.216 e. The van der Waals surface area contributed by atoms with E-state index in [0.29, 0.717) is 24.6 Å². The van der Waals surface area contributed by atoms with Gasteiger partial charge in [0.15, 0.2) is 0 Å². The summed E-state index contributed by atoms with van der Waals surface area (Å²) in [6.45, 7) is 9.42. The van der Waals surface area contributed by atoms with Crippen molar-refractivity contribution in [3.63, 3.8) is 0 Å². The summed E-state index contributed by atoms with van der Waals surface area (Å²) in [4.78, 5) is 0. The molecule has 0 aromatic heterocycles. The lowest BCUT2D eigenvalue weighted by Gasteiger charge is -2.32. The molecule has 2 N–H and O–H groups in total. The molecule has 0 saturated carbocycles. The molecule has 1 aliphatic rings. The average Bonchev–Trinajstić information content (AvgIpc) is 2.65. The summed E-state index contributed by atoms with van der Waals surface area (Å²) in [6.07, 6.45) is -0.679. The summed E-state index contributed by atoms with van der Waals surface area (Å²) in [5.74, 6) is 0. The van der Waals surface area contributed by atoms with E-state index in [1.165, 1.54) is 0 Å². The number of hydrogen-bond donors (Lipinski definition) is 2. The third-order valence-corrected chi connectivity index (χ3v) is 5.65. The highest BCUT2D eigenvalue weighted by Gasteiger charge is 2.43. The fourth-order valence-electron chi connectivity index (χ4n) is 2.23. The van der Waals surface area contributed by atoms with Crippen molar-refractivity contribution in [3.05, 3.63) is 11.9 Å². The molecule has 6 atom stereocenters. The van der Waals surface area contributed by atoms with Gasteiger partial charge in [0.1, 0.15) is 20.1 Å². The highest BCUT2D eigenvalue weighted by Crippen LogP contribution is 2.42. The Morgan fingerprint density at radius 2 is 2.05 bits per heavy atom. The zero-order valence-electron chi connectivity index (χ0n) is 12.8. The monoisotopic (exact) mass is 304 g/mol. The van der Waals surface area contributed by atoms with Crippen LogP contribution in [0, 0.1) is 0 Å². The molecule has 0 amide bonds. The Morgan fingerprint density at radius 3 is 2.45 bits per heavy atom. The van der Waals surface area contributed by atoms with Gasteiger partial charge in [-0.2, -0.15) is 0 Å².